The van der Waals surface area contributed by atoms with E-state index >= 15 is 0 Å². The van der Waals surface area contributed by atoms with Crippen LogP contribution in [0.3, 0.4) is 0 Å². The molecule has 3 heterocycles. The summed E-state index contributed by atoms with van der Waals surface area (Å²) in [5, 5.41) is 0. The average molecular weight is 426 g/mol. The molecule has 1 amide bonds. The molecular formula is C27H27N3O2. The number of anilines is 1. The molecular weight excluding hydrogens is 398 g/mol. The van der Waals surface area contributed by atoms with E-state index < -0.39 is 0 Å². The monoisotopic (exact) mass is 425 g/mol. The lowest BCUT2D eigenvalue weighted by molar-refractivity contribution is 0.100. The number of pyridine rings is 1. The second-order valence-electron chi connectivity index (χ2n) is 9.23. The first-order chi connectivity index (χ1) is 15.5. The summed E-state index contributed by atoms with van der Waals surface area (Å²) in [5.41, 5.74) is 4.58. The van der Waals surface area contributed by atoms with Crippen LogP contribution in [0.2, 0.25) is 0 Å². The third kappa shape index (κ3) is 4.03. The maximum Gasteiger partial charge on any atom is 0.278 e. The first kappa shape index (κ1) is 20.4. The zero-order valence-electron chi connectivity index (χ0n) is 18.5. The van der Waals surface area contributed by atoms with Gasteiger partial charge in [0.1, 0.15) is 11.6 Å². The lowest BCUT2D eigenvalue weighted by Crippen LogP contribution is -2.32. The van der Waals surface area contributed by atoms with Gasteiger partial charge in [0.15, 0.2) is 0 Å². The number of nitrogens with zero attached hydrogens (tertiary/aromatic N) is 3. The summed E-state index contributed by atoms with van der Waals surface area (Å²) in [7, 11) is 0. The predicted molar refractivity (Wildman–Crippen MR) is 127 cm³/mol. The number of para-hydroxylation sites is 2. The smallest absolute Gasteiger partial charge is 0.278 e. The minimum atomic E-state index is -0.242. The Morgan fingerprint density at radius 3 is 2.72 bits per heavy atom. The molecule has 0 saturated carbocycles. The highest BCUT2D eigenvalue weighted by Crippen LogP contribution is 2.34. The molecule has 0 fully saturated rings. The first-order valence-corrected chi connectivity index (χ1v) is 11.2. The number of ether oxygens (including phenoxy) is 1. The molecule has 0 aliphatic carbocycles. The molecule has 5 nitrogen and oxygen atoms in total. The molecule has 0 radical (unpaired) electrons. The van der Waals surface area contributed by atoms with Crippen molar-refractivity contribution in [2.45, 2.75) is 33.1 Å². The summed E-state index contributed by atoms with van der Waals surface area (Å²) in [6.45, 7) is 5.98. The second-order valence-corrected chi connectivity index (χ2v) is 9.23. The Balaban J connectivity index is 1.59. The van der Waals surface area contributed by atoms with Gasteiger partial charge in [0.05, 0.1) is 12.3 Å². The van der Waals surface area contributed by atoms with Crippen molar-refractivity contribution in [3.63, 3.8) is 0 Å². The van der Waals surface area contributed by atoms with Gasteiger partial charge in [0.2, 0.25) is 0 Å². The number of aliphatic imine (C=N–C) groups is 1. The summed E-state index contributed by atoms with van der Waals surface area (Å²) < 4.78 is 6.20. The van der Waals surface area contributed by atoms with Gasteiger partial charge in [-0.15, -0.1) is 0 Å². The molecule has 0 spiro atoms. The van der Waals surface area contributed by atoms with Crippen LogP contribution in [0.15, 0.2) is 71.9 Å². The van der Waals surface area contributed by atoms with Crippen LogP contribution in [0.25, 0.3) is 11.3 Å². The molecule has 2 aliphatic heterocycles. The third-order valence-electron chi connectivity index (χ3n) is 6.39. The Kier molecular flexibility index (Phi) is 5.25. The van der Waals surface area contributed by atoms with Gasteiger partial charge in [-0.25, -0.2) is 0 Å². The van der Waals surface area contributed by atoms with Gasteiger partial charge in [-0.1, -0.05) is 44.2 Å². The fourth-order valence-corrected chi connectivity index (χ4v) is 4.35. The van der Waals surface area contributed by atoms with Crippen LogP contribution in [-0.4, -0.2) is 29.9 Å². The van der Waals surface area contributed by atoms with E-state index in [1.54, 1.807) is 12.3 Å². The van der Waals surface area contributed by atoms with Crippen molar-refractivity contribution in [1.29, 1.82) is 0 Å². The number of amidine groups is 1. The number of carbonyl (C=O) groups is 1. The zero-order chi connectivity index (χ0) is 22.1. The molecule has 0 saturated heterocycles. The van der Waals surface area contributed by atoms with Gasteiger partial charge >= 0.3 is 0 Å². The molecule has 0 unspecified atom stereocenters. The molecule has 3 aromatic rings. The van der Waals surface area contributed by atoms with E-state index in [1.165, 1.54) is 5.56 Å². The Morgan fingerprint density at radius 2 is 1.81 bits per heavy atom. The van der Waals surface area contributed by atoms with E-state index in [2.05, 4.69) is 40.9 Å². The van der Waals surface area contributed by atoms with Crippen molar-refractivity contribution < 1.29 is 9.53 Å². The number of benzene rings is 2. The zero-order valence-corrected chi connectivity index (χ0v) is 18.5. The minimum Gasteiger partial charge on any atom is -0.493 e. The summed E-state index contributed by atoms with van der Waals surface area (Å²) in [6, 6.07) is 19.7. The van der Waals surface area contributed by atoms with Gasteiger partial charge in [0.25, 0.3) is 5.91 Å². The topological polar surface area (TPSA) is 54.8 Å². The summed E-state index contributed by atoms with van der Waals surface area (Å²) in [4.78, 5) is 24.5. The maximum absolute atomic E-state index is 13.2. The first-order valence-electron chi connectivity index (χ1n) is 11.2. The van der Waals surface area contributed by atoms with Crippen molar-refractivity contribution >= 4 is 17.4 Å². The SMILES string of the molecule is CC1(C)CCOc2ccccc2-c2cc(ccn2)C(=O)N=C2Cc3ccccc3N2CC1. The molecule has 162 valence electrons. The highest BCUT2D eigenvalue weighted by Gasteiger charge is 2.29. The van der Waals surface area contributed by atoms with Gasteiger partial charge < -0.3 is 9.64 Å². The van der Waals surface area contributed by atoms with Gasteiger partial charge in [-0.3, -0.25) is 9.78 Å². The van der Waals surface area contributed by atoms with Crippen LogP contribution in [-0.2, 0) is 6.42 Å². The Morgan fingerprint density at radius 1 is 1.00 bits per heavy atom. The number of hydrogen-bond donors (Lipinski definition) is 0. The average Bonchev–Trinajstić information content (AvgIpc) is 3.14. The molecule has 5 rings (SSSR count). The van der Waals surface area contributed by atoms with Crippen LogP contribution in [0.1, 0.15) is 42.6 Å². The largest absolute Gasteiger partial charge is 0.493 e. The summed E-state index contributed by atoms with van der Waals surface area (Å²) in [6.07, 6.45) is 4.23. The quantitative estimate of drug-likeness (QED) is 0.474. The molecule has 32 heavy (non-hydrogen) atoms. The normalized spacial score (nSPS) is 17.8. The third-order valence-corrected chi connectivity index (χ3v) is 6.39. The molecule has 2 aromatic carbocycles. The molecule has 2 aliphatic rings. The van der Waals surface area contributed by atoms with Gasteiger partial charge in [-0.05, 0) is 54.2 Å². The second kappa shape index (κ2) is 8.23. The molecule has 0 N–H and O–H groups in total. The molecule has 5 heteroatoms. The number of rotatable bonds is 0. The van der Waals surface area contributed by atoms with Crippen LogP contribution < -0.4 is 9.64 Å². The maximum atomic E-state index is 13.2. The lowest BCUT2D eigenvalue weighted by Gasteiger charge is -2.29. The molecule has 2 bridgehead atoms. The van der Waals surface area contributed by atoms with E-state index in [0.717, 1.165) is 42.2 Å². The van der Waals surface area contributed by atoms with Crippen molar-refractivity contribution in [3.8, 4) is 17.0 Å². The van der Waals surface area contributed by atoms with Crippen molar-refractivity contribution in [1.82, 2.24) is 4.98 Å². The van der Waals surface area contributed by atoms with Crippen LogP contribution in [0.4, 0.5) is 5.69 Å². The number of hydrogen-bond acceptors (Lipinski definition) is 4. The van der Waals surface area contributed by atoms with E-state index in [9.17, 15) is 4.79 Å². The standard InChI is InChI=1S/C27H27N3O2/c1-27(2)12-15-30-23-9-5-3-7-19(23)18-25(30)29-26(31)20-11-14-28-22(17-20)21-8-4-6-10-24(21)32-16-13-27/h3-11,14,17H,12-13,15-16,18H2,1-2H3. The number of amides is 1. The van der Waals surface area contributed by atoms with Crippen LogP contribution in [0, 0.1) is 5.41 Å². The Hall–Kier alpha value is -3.47. The fraction of sp³-hybridized carbons (Fsp3) is 0.296. The van der Waals surface area contributed by atoms with E-state index in [-0.39, 0.29) is 11.3 Å². The molecule has 0 atom stereocenters. The van der Waals surface area contributed by atoms with Crippen molar-refractivity contribution in [2.75, 3.05) is 18.1 Å². The van der Waals surface area contributed by atoms with Crippen LogP contribution in [0.5, 0.6) is 5.75 Å². The van der Waals surface area contributed by atoms with E-state index in [4.69, 9.17) is 4.74 Å². The number of carbonyl (C=O) groups excluding carboxylic acids is 1. The summed E-state index contributed by atoms with van der Waals surface area (Å²) in [5.74, 6) is 1.36. The Labute approximate surface area is 188 Å². The predicted octanol–water partition coefficient (Wildman–Crippen LogP) is 5.55. The van der Waals surface area contributed by atoms with Gasteiger partial charge in [0, 0.05) is 36.0 Å². The number of fused-ring (bicyclic) bond motifs is 7. The van der Waals surface area contributed by atoms with Crippen molar-refractivity contribution in [3.05, 3.63) is 78.0 Å². The highest BCUT2D eigenvalue weighted by atomic mass is 16.5. The molecule has 1 aromatic heterocycles. The lowest BCUT2D eigenvalue weighted by atomic mass is 9.86. The minimum absolute atomic E-state index is 0.0810. The van der Waals surface area contributed by atoms with Gasteiger partial charge in [-0.2, -0.15) is 4.99 Å². The van der Waals surface area contributed by atoms with E-state index in [1.807, 2.05) is 42.5 Å². The Bertz CT molecular complexity index is 1200. The van der Waals surface area contributed by atoms with Crippen LogP contribution >= 0.6 is 0 Å². The highest BCUT2D eigenvalue weighted by molar-refractivity contribution is 6.12. The van der Waals surface area contributed by atoms with Crippen molar-refractivity contribution in [2.24, 2.45) is 10.4 Å². The summed E-state index contributed by atoms with van der Waals surface area (Å²) >= 11 is 0. The fourth-order valence-electron chi connectivity index (χ4n) is 4.35. The number of aromatic nitrogens is 1. The van der Waals surface area contributed by atoms with E-state index in [0.29, 0.717) is 24.3 Å².